The maximum absolute atomic E-state index is 12.0. The number of likely N-dealkylation sites (tertiary alicyclic amines) is 1. The van der Waals surface area contributed by atoms with Crippen molar-refractivity contribution < 1.29 is 19.4 Å². The summed E-state index contributed by atoms with van der Waals surface area (Å²) in [5.41, 5.74) is -1.46. The molecule has 2 fully saturated rings. The zero-order chi connectivity index (χ0) is 15.0. The summed E-state index contributed by atoms with van der Waals surface area (Å²) in [4.78, 5) is 25.4. The summed E-state index contributed by atoms with van der Waals surface area (Å²) >= 11 is 1.31. The summed E-state index contributed by atoms with van der Waals surface area (Å²) in [6.07, 6.45) is 1.30. The first kappa shape index (κ1) is 15.6. The summed E-state index contributed by atoms with van der Waals surface area (Å²) < 4.78 is 5.33. The number of hydrogen-bond donors (Lipinski definition) is 1. The van der Waals surface area contributed by atoms with Crippen LogP contribution >= 0.6 is 11.8 Å². The van der Waals surface area contributed by atoms with Gasteiger partial charge in [-0.15, -0.1) is 0 Å². The monoisotopic (exact) mass is 301 g/mol. The Hall–Kier alpha value is -0.750. The third-order valence-corrected chi connectivity index (χ3v) is 4.87. The number of amides is 1. The maximum Gasteiger partial charge on any atom is 0.410 e. The average Bonchev–Trinajstić information content (AvgIpc) is 2.74. The second-order valence-corrected chi connectivity index (χ2v) is 7.68. The highest BCUT2D eigenvalue weighted by Crippen LogP contribution is 2.39. The van der Waals surface area contributed by atoms with E-state index in [0.29, 0.717) is 25.9 Å². The Balaban J connectivity index is 1.92. The molecular formula is C14H23NO4S. The molecule has 114 valence electrons. The Kier molecular flexibility index (Phi) is 4.35. The fourth-order valence-corrected chi connectivity index (χ4v) is 3.83. The minimum Gasteiger partial charge on any atom is -0.444 e. The van der Waals surface area contributed by atoms with Gasteiger partial charge in [-0.25, -0.2) is 4.79 Å². The molecule has 6 heteroatoms. The zero-order valence-corrected chi connectivity index (χ0v) is 13.2. The molecule has 1 amide bonds. The molecular weight excluding hydrogens is 278 g/mol. The van der Waals surface area contributed by atoms with Gasteiger partial charge in [0.25, 0.3) is 0 Å². The van der Waals surface area contributed by atoms with Gasteiger partial charge in [0, 0.05) is 18.8 Å². The van der Waals surface area contributed by atoms with E-state index in [-0.39, 0.29) is 17.1 Å². The van der Waals surface area contributed by atoms with Crippen molar-refractivity contribution in [3.63, 3.8) is 0 Å². The van der Waals surface area contributed by atoms with Gasteiger partial charge in [-0.2, -0.15) is 0 Å². The first-order valence-electron chi connectivity index (χ1n) is 7.08. The summed E-state index contributed by atoms with van der Waals surface area (Å²) in [5, 5.41) is 10.8. The molecule has 0 aromatic carbocycles. The minimum atomic E-state index is -0.945. The first-order chi connectivity index (χ1) is 9.21. The topological polar surface area (TPSA) is 66.8 Å². The number of aliphatic hydroxyl groups is 1. The Morgan fingerprint density at radius 2 is 2.00 bits per heavy atom. The van der Waals surface area contributed by atoms with E-state index in [9.17, 15) is 14.7 Å². The molecule has 2 aliphatic rings. The molecule has 0 aliphatic carbocycles. The van der Waals surface area contributed by atoms with Crippen LogP contribution in [-0.2, 0) is 9.53 Å². The molecule has 1 N–H and O–H groups in total. The summed E-state index contributed by atoms with van der Waals surface area (Å²) in [6, 6.07) is 0. The van der Waals surface area contributed by atoms with Crippen LogP contribution in [0.25, 0.3) is 0 Å². The van der Waals surface area contributed by atoms with Crippen LogP contribution in [0.2, 0.25) is 0 Å². The fourth-order valence-electron chi connectivity index (χ4n) is 2.74. The van der Waals surface area contributed by atoms with Crippen LogP contribution in [0.1, 0.15) is 40.0 Å². The molecule has 2 saturated heterocycles. The predicted octanol–water partition coefficient (Wildman–Crippen LogP) is 2.03. The Bertz CT molecular complexity index is 396. The highest BCUT2D eigenvalue weighted by Gasteiger charge is 2.46. The van der Waals surface area contributed by atoms with E-state index in [1.165, 1.54) is 11.8 Å². The average molecular weight is 301 g/mol. The largest absolute Gasteiger partial charge is 0.444 e. The lowest BCUT2D eigenvalue weighted by atomic mass is 9.79. The molecule has 0 spiro atoms. The van der Waals surface area contributed by atoms with Crippen LogP contribution < -0.4 is 0 Å². The first-order valence-corrected chi connectivity index (χ1v) is 8.07. The summed E-state index contributed by atoms with van der Waals surface area (Å²) in [6.45, 7) is 6.39. The van der Waals surface area contributed by atoms with Gasteiger partial charge in [-0.3, -0.25) is 4.79 Å². The van der Waals surface area contributed by atoms with Crippen molar-refractivity contribution in [3.05, 3.63) is 0 Å². The smallest absolute Gasteiger partial charge is 0.410 e. The number of thioether (sulfide) groups is 1. The number of ether oxygens (including phenoxy) is 1. The molecule has 0 radical (unpaired) electrons. The second kappa shape index (κ2) is 5.56. The molecule has 1 atom stereocenters. The van der Waals surface area contributed by atoms with Crippen LogP contribution in [0, 0.1) is 5.92 Å². The Morgan fingerprint density at radius 3 is 2.45 bits per heavy atom. The van der Waals surface area contributed by atoms with Gasteiger partial charge in [-0.1, -0.05) is 11.8 Å². The standard InChI is InChI=1S/C14H23NO4S/c1-13(2,3)19-12(17)15-7-5-14(18,6-8-15)10-4-9-20-11(10)16/h10,18H,4-9H2,1-3H3. The molecule has 1 unspecified atom stereocenters. The number of carbonyl (C=O) groups excluding carboxylic acids is 2. The Labute approximate surface area is 124 Å². The summed E-state index contributed by atoms with van der Waals surface area (Å²) in [5.74, 6) is 0.523. The molecule has 0 aromatic rings. The van der Waals surface area contributed by atoms with Crippen LogP contribution in [-0.4, -0.2) is 51.3 Å². The highest BCUT2D eigenvalue weighted by molar-refractivity contribution is 8.14. The normalized spacial score (nSPS) is 26.7. The van der Waals surface area contributed by atoms with Crippen molar-refractivity contribution in [2.45, 2.75) is 51.2 Å². The number of piperidine rings is 1. The third-order valence-electron chi connectivity index (χ3n) is 3.86. The Morgan fingerprint density at radius 1 is 1.40 bits per heavy atom. The molecule has 0 aromatic heterocycles. The van der Waals surface area contributed by atoms with Crippen LogP contribution in [0.15, 0.2) is 0 Å². The van der Waals surface area contributed by atoms with Gasteiger partial charge >= 0.3 is 6.09 Å². The predicted molar refractivity (Wildman–Crippen MR) is 77.6 cm³/mol. The summed E-state index contributed by atoms with van der Waals surface area (Å²) in [7, 11) is 0. The maximum atomic E-state index is 12.0. The lowest BCUT2D eigenvalue weighted by molar-refractivity contribution is -0.127. The highest BCUT2D eigenvalue weighted by atomic mass is 32.2. The SMILES string of the molecule is CC(C)(C)OC(=O)N1CCC(O)(C2CCSC2=O)CC1. The molecule has 2 rings (SSSR count). The number of rotatable bonds is 1. The van der Waals surface area contributed by atoms with Crippen molar-refractivity contribution in [1.82, 2.24) is 4.90 Å². The van der Waals surface area contributed by atoms with E-state index in [0.717, 1.165) is 12.2 Å². The van der Waals surface area contributed by atoms with Gasteiger partial charge in [0.1, 0.15) is 5.60 Å². The fraction of sp³-hybridized carbons (Fsp3) is 0.857. The van der Waals surface area contributed by atoms with Crippen molar-refractivity contribution in [3.8, 4) is 0 Å². The number of hydrogen-bond acceptors (Lipinski definition) is 5. The lowest BCUT2D eigenvalue weighted by Crippen LogP contribution is -2.52. The molecule has 20 heavy (non-hydrogen) atoms. The van der Waals surface area contributed by atoms with Crippen LogP contribution in [0.4, 0.5) is 4.79 Å². The number of carbonyl (C=O) groups is 2. The molecule has 0 saturated carbocycles. The number of nitrogens with zero attached hydrogens (tertiary/aromatic N) is 1. The molecule has 2 heterocycles. The third kappa shape index (κ3) is 3.47. The second-order valence-electron chi connectivity index (χ2n) is 6.58. The lowest BCUT2D eigenvalue weighted by Gasteiger charge is -2.41. The van der Waals surface area contributed by atoms with E-state index in [4.69, 9.17) is 4.74 Å². The minimum absolute atomic E-state index is 0.0956. The van der Waals surface area contributed by atoms with E-state index < -0.39 is 11.2 Å². The zero-order valence-electron chi connectivity index (χ0n) is 12.3. The molecule has 2 aliphatic heterocycles. The van der Waals surface area contributed by atoms with Crippen LogP contribution in [0.3, 0.4) is 0 Å². The van der Waals surface area contributed by atoms with Gasteiger partial charge in [-0.05, 0) is 40.0 Å². The van der Waals surface area contributed by atoms with Gasteiger partial charge in [0.2, 0.25) is 0 Å². The van der Waals surface area contributed by atoms with Crippen molar-refractivity contribution in [1.29, 1.82) is 0 Å². The van der Waals surface area contributed by atoms with Gasteiger partial charge < -0.3 is 14.7 Å². The quantitative estimate of drug-likeness (QED) is 0.802. The van der Waals surface area contributed by atoms with E-state index in [1.807, 2.05) is 20.8 Å². The van der Waals surface area contributed by atoms with E-state index >= 15 is 0 Å². The molecule has 5 nitrogen and oxygen atoms in total. The van der Waals surface area contributed by atoms with Crippen molar-refractivity contribution >= 4 is 23.0 Å². The van der Waals surface area contributed by atoms with Gasteiger partial charge in [0.05, 0.1) is 11.5 Å². The van der Waals surface area contributed by atoms with E-state index in [2.05, 4.69) is 0 Å². The van der Waals surface area contributed by atoms with Crippen LogP contribution in [0.5, 0.6) is 0 Å². The van der Waals surface area contributed by atoms with Crippen molar-refractivity contribution in [2.24, 2.45) is 5.92 Å². The van der Waals surface area contributed by atoms with Gasteiger partial charge in [0.15, 0.2) is 5.12 Å². The molecule has 0 bridgehead atoms. The van der Waals surface area contributed by atoms with Crippen molar-refractivity contribution in [2.75, 3.05) is 18.8 Å². The van der Waals surface area contributed by atoms with E-state index in [1.54, 1.807) is 4.90 Å².